The minimum Gasteiger partial charge on any atom is -0.465 e. The number of likely N-dealkylation sites (N-methyl/N-ethyl adjacent to an activating group) is 1. The van der Waals surface area contributed by atoms with Gasteiger partial charge in [-0.1, -0.05) is 6.92 Å². The summed E-state index contributed by atoms with van der Waals surface area (Å²) in [5, 5.41) is 10.9. The molecule has 4 heteroatoms. The molecule has 0 unspecified atom stereocenters. The van der Waals surface area contributed by atoms with Gasteiger partial charge in [-0.3, -0.25) is 0 Å². The number of hydrogen-bond acceptors (Lipinski definition) is 2. The lowest BCUT2D eigenvalue weighted by molar-refractivity contribution is 0.188. The van der Waals surface area contributed by atoms with E-state index in [0.717, 1.165) is 13.1 Å². The standard InChI is InChI=1S/C7H14N2O2/c1-5-3-9(2)4-6(5)8-7(10)11/h5-6,8H,3-4H2,1-2H3,(H,10,11)/t5-,6+/m0/s1. The van der Waals surface area contributed by atoms with Crippen molar-refractivity contribution in [3.8, 4) is 0 Å². The zero-order chi connectivity index (χ0) is 8.43. The summed E-state index contributed by atoms with van der Waals surface area (Å²) in [6, 6.07) is 0.109. The highest BCUT2D eigenvalue weighted by atomic mass is 16.4. The van der Waals surface area contributed by atoms with Gasteiger partial charge in [0.2, 0.25) is 0 Å². The van der Waals surface area contributed by atoms with Gasteiger partial charge in [-0.2, -0.15) is 0 Å². The lowest BCUT2D eigenvalue weighted by atomic mass is 10.1. The van der Waals surface area contributed by atoms with Crippen LogP contribution >= 0.6 is 0 Å². The van der Waals surface area contributed by atoms with Crippen molar-refractivity contribution in [2.45, 2.75) is 13.0 Å². The molecule has 0 saturated carbocycles. The maximum atomic E-state index is 10.3. The van der Waals surface area contributed by atoms with E-state index >= 15 is 0 Å². The lowest BCUT2D eigenvalue weighted by Gasteiger charge is -2.12. The monoisotopic (exact) mass is 158 g/mol. The highest BCUT2D eigenvalue weighted by Crippen LogP contribution is 2.13. The van der Waals surface area contributed by atoms with Crippen LogP contribution in [0.4, 0.5) is 4.79 Å². The van der Waals surface area contributed by atoms with Crippen LogP contribution in [0.15, 0.2) is 0 Å². The predicted octanol–water partition coefficient (Wildman–Crippen LogP) is 0.204. The molecular formula is C7H14N2O2. The first kappa shape index (κ1) is 8.33. The van der Waals surface area contributed by atoms with Gasteiger partial charge in [-0.05, 0) is 13.0 Å². The molecule has 0 aliphatic carbocycles. The fourth-order valence-electron chi connectivity index (χ4n) is 1.56. The van der Waals surface area contributed by atoms with Crippen molar-refractivity contribution < 1.29 is 9.90 Å². The summed E-state index contributed by atoms with van der Waals surface area (Å²) in [5.74, 6) is 0.427. The van der Waals surface area contributed by atoms with E-state index in [1.165, 1.54) is 0 Å². The zero-order valence-electron chi connectivity index (χ0n) is 6.87. The highest BCUT2D eigenvalue weighted by Gasteiger charge is 2.27. The van der Waals surface area contributed by atoms with Crippen molar-refractivity contribution in [3.05, 3.63) is 0 Å². The van der Waals surface area contributed by atoms with Crippen LogP contribution in [0.5, 0.6) is 0 Å². The van der Waals surface area contributed by atoms with E-state index < -0.39 is 6.09 Å². The number of nitrogens with zero attached hydrogens (tertiary/aromatic N) is 1. The Hall–Kier alpha value is -0.770. The molecule has 2 atom stereocenters. The predicted molar refractivity (Wildman–Crippen MR) is 41.6 cm³/mol. The van der Waals surface area contributed by atoms with Crippen LogP contribution in [0.1, 0.15) is 6.92 Å². The first-order valence-corrected chi connectivity index (χ1v) is 3.77. The number of rotatable bonds is 1. The summed E-state index contributed by atoms with van der Waals surface area (Å²) in [7, 11) is 2.00. The molecule has 1 aliphatic rings. The summed E-state index contributed by atoms with van der Waals surface area (Å²) in [4.78, 5) is 12.4. The summed E-state index contributed by atoms with van der Waals surface area (Å²) >= 11 is 0. The smallest absolute Gasteiger partial charge is 0.404 e. The van der Waals surface area contributed by atoms with Crippen molar-refractivity contribution in [2.24, 2.45) is 5.92 Å². The molecule has 0 radical (unpaired) electrons. The van der Waals surface area contributed by atoms with Crippen LogP contribution in [0.2, 0.25) is 0 Å². The average molecular weight is 158 g/mol. The van der Waals surface area contributed by atoms with Gasteiger partial charge in [0.25, 0.3) is 0 Å². The first-order chi connectivity index (χ1) is 5.09. The van der Waals surface area contributed by atoms with Gasteiger partial charge >= 0.3 is 6.09 Å². The van der Waals surface area contributed by atoms with Crippen LogP contribution in [-0.4, -0.2) is 42.3 Å². The Morgan fingerprint density at radius 1 is 1.64 bits per heavy atom. The van der Waals surface area contributed by atoms with E-state index in [9.17, 15) is 4.79 Å². The van der Waals surface area contributed by atoms with Crippen molar-refractivity contribution in [2.75, 3.05) is 20.1 Å². The minimum atomic E-state index is -0.919. The topological polar surface area (TPSA) is 52.6 Å². The van der Waals surface area contributed by atoms with E-state index in [2.05, 4.69) is 17.1 Å². The first-order valence-electron chi connectivity index (χ1n) is 3.77. The van der Waals surface area contributed by atoms with Crippen molar-refractivity contribution in [3.63, 3.8) is 0 Å². The van der Waals surface area contributed by atoms with E-state index in [0.29, 0.717) is 5.92 Å². The largest absolute Gasteiger partial charge is 0.465 e. The molecule has 1 amide bonds. The van der Waals surface area contributed by atoms with Crippen molar-refractivity contribution in [1.29, 1.82) is 0 Å². The van der Waals surface area contributed by atoms with Gasteiger partial charge in [0.15, 0.2) is 0 Å². The van der Waals surface area contributed by atoms with Gasteiger partial charge < -0.3 is 15.3 Å². The lowest BCUT2D eigenvalue weighted by Crippen LogP contribution is -2.38. The molecule has 0 aromatic heterocycles. The Labute approximate surface area is 66.2 Å². The number of carbonyl (C=O) groups is 1. The van der Waals surface area contributed by atoms with E-state index in [4.69, 9.17) is 5.11 Å². The number of likely N-dealkylation sites (tertiary alicyclic amines) is 1. The molecule has 1 aliphatic heterocycles. The van der Waals surface area contributed by atoms with Crippen LogP contribution in [0.25, 0.3) is 0 Å². The van der Waals surface area contributed by atoms with Gasteiger partial charge in [0.05, 0.1) is 0 Å². The van der Waals surface area contributed by atoms with E-state index in [1.807, 2.05) is 7.05 Å². The van der Waals surface area contributed by atoms with Gasteiger partial charge in [0, 0.05) is 19.1 Å². The third kappa shape index (κ3) is 2.08. The van der Waals surface area contributed by atoms with Gasteiger partial charge in [-0.25, -0.2) is 4.79 Å². The van der Waals surface area contributed by atoms with E-state index in [1.54, 1.807) is 0 Å². The van der Waals surface area contributed by atoms with E-state index in [-0.39, 0.29) is 6.04 Å². The Morgan fingerprint density at radius 3 is 2.64 bits per heavy atom. The van der Waals surface area contributed by atoms with Crippen molar-refractivity contribution in [1.82, 2.24) is 10.2 Å². The van der Waals surface area contributed by atoms with Crippen LogP contribution < -0.4 is 5.32 Å². The molecule has 1 rings (SSSR count). The molecule has 0 bridgehead atoms. The zero-order valence-corrected chi connectivity index (χ0v) is 6.87. The highest BCUT2D eigenvalue weighted by molar-refractivity contribution is 5.65. The number of nitrogens with one attached hydrogen (secondary N) is 1. The van der Waals surface area contributed by atoms with Gasteiger partial charge in [0.1, 0.15) is 0 Å². The molecule has 4 nitrogen and oxygen atoms in total. The number of carboxylic acid groups (broad SMARTS) is 1. The van der Waals surface area contributed by atoms with Gasteiger partial charge in [-0.15, -0.1) is 0 Å². The van der Waals surface area contributed by atoms with Crippen LogP contribution in [0.3, 0.4) is 0 Å². The molecule has 2 N–H and O–H groups in total. The second kappa shape index (κ2) is 3.09. The Balaban J connectivity index is 2.40. The SMILES string of the molecule is C[C@H]1CN(C)C[C@H]1NC(=O)O. The fraction of sp³-hybridized carbons (Fsp3) is 0.857. The molecule has 0 aromatic carbocycles. The Kier molecular flexibility index (Phi) is 2.34. The molecule has 1 fully saturated rings. The molecular weight excluding hydrogens is 144 g/mol. The summed E-state index contributed by atoms with van der Waals surface area (Å²) < 4.78 is 0. The molecule has 1 heterocycles. The average Bonchev–Trinajstić information content (AvgIpc) is 2.09. The minimum absolute atomic E-state index is 0.109. The quantitative estimate of drug-likeness (QED) is 0.573. The maximum Gasteiger partial charge on any atom is 0.404 e. The number of amides is 1. The van der Waals surface area contributed by atoms with Crippen molar-refractivity contribution >= 4 is 6.09 Å². The molecule has 64 valence electrons. The summed E-state index contributed by atoms with van der Waals surface area (Å²) in [5.41, 5.74) is 0. The Morgan fingerprint density at radius 2 is 2.27 bits per heavy atom. The fourth-order valence-corrected chi connectivity index (χ4v) is 1.56. The summed E-state index contributed by atoms with van der Waals surface area (Å²) in [6.45, 7) is 3.86. The Bertz CT molecular complexity index is 161. The summed E-state index contributed by atoms with van der Waals surface area (Å²) in [6.07, 6.45) is -0.919. The molecule has 1 saturated heterocycles. The second-order valence-electron chi connectivity index (χ2n) is 3.25. The molecule has 0 aromatic rings. The molecule has 0 spiro atoms. The number of hydrogen-bond donors (Lipinski definition) is 2. The maximum absolute atomic E-state index is 10.3. The third-order valence-electron chi connectivity index (χ3n) is 2.10. The molecule has 11 heavy (non-hydrogen) atoms. The van der Waals surface area contributed by atoms with Crippen LogP contribution in [0, 0.1) is 5.92 Å². The second-order valence-corrected chi connectivity index (χ2v) is 3.25. The van der Waals surface area contributed by atoms with Crippen LogP contribution in [-0.2, 0) is 0 Å². The third-order valence-corrected chi connectivity index (χ3v) is 2.10. The normalized spacial score (nSPS) is 32.2.